The fourth-order valence-corrected chi connectivity index (χ4v) is 1.28. The molecule has 1 unspecified atom stereocenters. The third kappa shape index (κ3) is 2.69. The van der Waals surface area contributed by atoms with Gasteiger partial charge in [-0.3, -0.25) is 0 Å². The molecule has 0 nitrogen and oxygen atoms in total. The Labute approximate surface area is 75.6 Å². The van der Waals surface area contributed by atoms with E-state index in [0.717, 1.165) is 12.8 Å². The molecule has 0 aromatic heterocycles. The molecule has 0 bridgehead atoms. The van der Waals surface area contributed by atoms with Crippen LogP contribution in [0.3, 0.4) is 0 Å². The maximum Gasteiger partial charge on any atom is -0.0162 e. The van der Waals surface area contributed by atoms with Crippen LogP contribution in [0, 0.1) is 13.8 Å². The first-order valence-corrected chi connectivity index (χ1v) is 4.52. The van der Waals surface area contributed by atoms with E-state index >= 15 is 0 Å². The van der Waals surface area contributed by atoms with Crippen molar-refractivity contribution in [3.8, 4) is 0 Å². The van der Waals surface area contributed by atoms with Gasteiger partial charge >= 0.3 is 0 Å². The first-order chi connectivity index (χ1) is 5.84. The number of hydrogen-bond donors (Lipinski definition) is 0. The Hall–Kier alpha value is -0.780. The molecule has 12 heavy (non-hydrogen) atoms. The van der Waals surface area contributed by atoms with Crippen LogP contribution in [0.4, 0.5) is 0 Å². The molecule has 0 aliphatic heterocycles. The van der Waals surface area contributed by atoms with E-state index < -0.39 is 0 Å². The van der Waals surface area contributed by atoms with Crippen molar-refractivity contribution in [3.63, 3.8) is 0 Å². The Morgan fingerprint density at radius 3 is 2.42 bits per heavy atom. The minimum absolute atomic E-state index is 0.438. The smallest absolute Gasteiger partial charge is 0.0162 e. The summed E-state index contributed by atoms with van der Waals surface area (Å²) in [4.78, 5) is 0. The van der Waals surface area contributed by atoms with Gasteiger partial charge in [0.25, 0.3) is 0 Å². The highest BCUT2D eigenvalue weighted by Crippen LogP contribution is 2.19. The average Bonchev–Trinajstić information content (AvgIpc) is 2.15. The van der Waals surface area contributed by atoms with Gasteiger partial charge in [-0.2, -0.15) is 0 Å². The molecule has 0 saturated carbocycles. The summed E-state index contributed by atoms with van der Waals surface area (Å²) in [6.07, 6.45) is 3.33. The topological polar surface area (TPSA) is 0 Å². The van der Waals surface area contributed by atoms with E-state index in [4.69, 9.17) is 0 Å². The summed E-state index contributed by atoms with van der Waals surface area (Å²) >= 11 is 0. The molecule has 0 heteroatoms. The van der Waals surface area contributed by atoms with Crippen molar-refractivity contribution in [2.75, 3.05) is 0 Å². The lowest BCUT2D eigenvalue weighted by Crippen LogP contribution is -1.92. The Morgan fingerprint density at radius 2 is 1.83 bits per heavy atom. The highest BCUT2D eigenvalue weighted by molar-refractivity contribution is 5.20. The molecular weight excluding hydrogens is 144 g/mol. The minimum Gasteiger partial charge on any atom is -0.0622 e. The fraction of sp³-hybridized carbons (Fsp3) is 0.333. The predicted octanol–water partition coefficient (Wildman–Crippen LogP) is 3.61. The number of rotatable bonds is 4. The molecule has 0 amide bonds. The lowest BCUT2D eigenvalue weighted by atomic mass is 9.96. The van der Waals surface area contributed by atoms with Crippen LogP contribution in [0.1, 0.15) is 30.7 Å². The first kappa shape index (κ1) is 9.31. The molecule has 1 rings (SSSR count). The molecule has 0 aliphatic carbocycles. The lowest BCUT2D eigenvalue weighted by Gasteiger charge is -2.09. The molecule has 1 aromatic carbocycles. The van der Waals surface area contributed by atoms with Crippen LogP contribution in [0.25, 0.3) is 0 Å². The standard InChI is InChI=1S/C12H16/c1-3-4-8-11(2)12-9-6-5-7-10-12/h5-7,9-11H,1-4,8H2. The SMILES string of the molecule is [CH2]CCCC([CH2])c1ccccc1. The van der Waals surface area contributed by atoms with Crippen molar-refractivity contribution >= 4 is 0 Å². The molecule has 0 aliphatic rings. The molecule has 0 spiro atoms. The van der Waals surface area contributed by atoms with Crippen molar-refractivity contribution in [3.05, 3.63) is 49.7 Å². The van der Waals surface area contributed by atoms with Crippen LogP contribution < -0.4 is 0 Å². The van der Waals surface area contributed by atoms with Crippen LogP contribution in [0.2, 0.25) is 0 Å². The van der Waals surface area contributed by atoms with Gasteiger partial charge in [-0.1, -0.05) is 50.1 Å². The van der Waals surface area contributed by atoms with Gasteiger partial charge in [0.2, 0.25) is 0 Å². The fourth-order valence-electron chi connectivity index (χ4n) is 1.28. The summed E-state index contributed by atoms with van der Waals surface area (Å²) in [5.41, 5.74) is 1.34. The number of unbranched alkanes of at least 4 members (excludes halogenated alkanes) is 1. The van der Waals surface area contributed by atoms with E-state index in [0.29, 0.717) is 5.92 Å². The zero-order valence-electron chi connectivity index (χ0n) is 7.50. The second kappa shape index (κ2) is 4.97. The lowest BCUT2D eigenvalue weighted by molar-refractivity contribution is 0.681. The summed E-state index contributed by atoms with van der Waals surface area (Å²) in [6, 6.07) is 10.5. The molecule has 2 radical (unpaired) electrons. The molecule has 0 heterocycles. The Balaban J connectivity index is 2.48. The van der Waals surface area contributed by atoms with E-state index in [2.05, 4.69) is 38.1 Å². The molecule has 1 atom stereocenters. The summed E-state index contributed by atoms with van der Waals surface area (Å²) in [7, 11) is 0. The normalized spacial score (nSPS) is 12.8. The van der Waals surface area contributed by atoms with Crippen LogP contribution in [-0.2, 0) is 0 Å². The molecule has 0 fully saturated rings. The summed E-state index contributed by atoms with van der Waals surface area (Å²) < 4.78 is 0. The van der Waals surface area contributed by atoms with Crippen molar-refractivity contribution in [1.29, 1.82) is 0 Å². The first-order valence-electron chi connectivity index (χ1n) is 4.52. The largest absolute Gasteiger partial charge is 0.0622 e. The second-order valence-corrected chi connectivity index (χ2v) is 3.10. The predicted molar refractivity (Wildman–Crippen MR) is 53.7 cm³/mol. The molecule has 0 saturated heterocycles. The van der Waals surface area contributed by atoms with Gasteiger partial charge in [-0.15, -0.1) is 0 Å². The number of hydrogen-bond acceptors (Lipinski definition) is 0. The van der Waals surface area contributed by atoms with Crippen LogP contribution >= 0.6 is 0 Å². The van der Waals surface area contributed by atoms with Gasteiger partial charge in [-0.05, 0) is 24.8 Å². The third-order valence-corrected chi connectivity index (χ3v) is 2.07. The van der Waals surface area contributed by atoms with Gasteiger partial charge in [0.05, 0.1) is 0 Å². The van der Waals surface area contributed by atoms with Crippen LogP contribution in [-0.4, -0.2) is 0 Å². The van der Waals surface area contributed by atoms with Crippen molar-refractivity contribution < 1.29 is 0 Å². The zero-order chi connectivity index (χ0) is 8.81. The van der Waals surface area contributed by atoms with E-state index in [1.165, 1.54) is 12.0 Å². The van der Waals surface area contributed by atoms with Crippen molar-refractivity contribution in [1.82, 2.24) is 0 Å². The van der Waals surface area contributed by atoms with Gasteiger partial charge in [0.1, 0.15) is 0 Å². The summed E-state index contributed by atoms with van der Waals surface area (Å²) in [5, 5.41) is 0. The van der Waals surface area contributed by atoms with Gasteiger partial charge in [-0.25, -0.2) is 0 Å². The molecular formula is C12H16. The number of benzene rings is 1. The Kier molecular flexibility index (Phi) is 3.86. The zero-order valence-corrected chi connectivity index (χ0v) is 7.50. The van der Waals surface area contributed by atoms with Crippen molar-refractivity contribution in [2.45, 2.75) is 25.2 Å². The minimum atomic E-state index is 0.438. The van der Waals surface area contributed by atoms with Crippen LogP contribution in [0.5, 0.6) is 0 Å². The van der Waals surface area contributed by atoms with Gasteiger partial charge in [0.15, 0.2) is 0 Å². The van der Waals surface area contributed by atoms with Gasteiger partial charge < -0.3 is 0 Å². The maximum absolute atomic E-state index is 4.12. The van der Waals surface area contributed by atoms with Crippen LogP contribution in [0.15, 0.2) is 30.3 Å². The van der Waals surface area contributed by atoms with E-state index in [1.807, 2.05) is 6.07 Å². The monoisotopic (exact) mass is 160 g/mol. The molecule has 1 aromatic rings. The molecule has 64 valence electrons. The molecule has 0 N–H and O–H groups in total. The van der Waals surface area contributed by atoms with E-state index in [1.54, 1.807) is 0 Å². The maximum atomic E-state index is 4.12. The summed E-state index contributed by atoms with van der Waals surface area (Å²) in [5.74, 6) is 0.438. The van der Waals surface area contributed by atoms with E-state index in [9.17, 15) is 0 Å². The second-order valence-electron chi connectivity index (χ2n) is 3.10. The third-order valence-electron chi connectivity index (χ3n) is 2.07. The summed E-state index contributed by atoms with van der Waals surface area (Å²) in [6.45, 7) is 7.94. The Morgan fingerprint density at radius 1 is 1.17 bits per heavy atom. The highest BCUT2D eigenvalue weighted by Gasteiger charge is 2.02. The average molecular weight is 160 g/mol. The van der Waals surface area contributed by atoms with E-state index in [-0.39, 0.29) is 0 Å². The van der Waals surface area contributed by atoms with Crippen molar-refractivity contribution in [2.24, 2.45) is 0 Å². The highest BCUT2D eigenvalue weighted by atomic mass is 14.1. The quantitative estimate of drug-likeness (QED) is 0.631. The van der Waals surface area contributed by atoms with Gasteiger partial charge in [0, 0.05) is 0 Å². The Bertz CT molecular complexity index is 201.